The van der Waals surface area contributed by atoms with Crippen LogP contribution in [-0.4, -0.2) is 155 Å². The molecule has 0 saturated carbocycles. The lowest BCUT2D eigenvalue weighted by molar-refractivity contribution is -0.0601. The number of aromatic nitrogens is 2. The summed E-state index contributed by atoms with van der Waals surface area (Å²) in [5, 5.41) is 30.8. The Morgan fingerprint density at radius 3 is 2.35 bits per heavy atom. The van der Waals surface area contributed by atoms with Crippen LogP contribution in [0.2, 0.25) is 0 Å². The van der Waals surface area contributed by atoms with E-state index < -0.39 is 79.1 Å². The molecule has 2 aliphatic heterocycles. The normalized spacial score (nSPS) is 16.1. The van der Waals surface area contributed by atoms with Crippen LogP contribution in [0.4, 0.5) is 21.1 Å². The number of ether oxygens (including phenoxy) is 7. The van der Waals surface area contributed by atoms with Crippen LogP contribution in [0.3, 0.4) is 0 Å². The first-order valence-electron chi connectivity index (χ1n) is 27.5. The molecule has 92 heavy (non-hydrogen) atoms. The van der Waals surface area contributed by atoms with Gasteiger partial charge in [-0.05, 0) is 86.2 Å². The van der Waals surface area contributed by atoms with Crippen LogP contribution in [0, 0.1) is 17.3 Å². The smallest absolute Gasteiger partial charge is 0.478 e. The molecular formula is C53H68N11O23P3S2. The van der Waals surface area contributed by atoms with Gasteiger partial charge in [0.2, 0.25) is 0 Å². The van der Waals surface area contributed by atoms with E-state index in [0.717, 1.165) is 4.57 Å². The number of nitrogens with two attached hydrogens (primary N) is 2. The van der Waals surface area contributed by atoms with Crippen molar-refractivity contribution in [2.75, 3.05) is 96.6 Å². The van der Waals surface area contributed by atoms with Crippen LogP contribution in [0.5, 0.6) is 0 Å². The number of anilines is 2. The number of nitrogen functional groups attached to an aromatic ring is 2. The Kier molecular flexibility index (Phi) is 28.4. The quantitative estimate of drug-likeness (QED) is 0.00186. The van der Waals surface area contributed by atoms with Crippen molar-refractivity contribution in [2.24, 2.45) is 5.11 Å². The molecule has 1 fully saturated rings. The van der Waals surface area contributed by atoms with Gasteiger partial charge in [0.15, 0.2) is 0 Å². The summed E-state index contributed by atoms with van der Waals surface area (Å²) in [4.78, 5) is 93.0. The highest BCUT2D eigenvalue weighted by Gasteiger charge is 2.44. The minimum Gasteiger partial charge on any atom is -0.478 e. The monoisotopic (exact) mass is 1380 g/mol. The number of phosphoric ester groups is 1. The summed E-state index contributed by atoms with van der Waals surface area (Å²) in [6, 6.07) is 15.1. The Labute approximate surface area is 532 Å². The number of benzene rings is 3. The first kappa shape index (κ1) is 74.0. The SMILES string of the molecule is C=C(NCCOCCOCCNC(=O)OCCC(C)(C)SSCOCCCCOC(=O)NCC#Cc1cn([C@H]2CC(OCN=[N+]=[N-])[C@@H](COP(=O)(O)OP(=O)(O)OP(=O)(O)O)O2)c(=O)nc1N)c1ccc(C(=O)O)c(-c2c3ccc(=N)cc-3oc3cc(N)ccc23)c1. The molecule has 3 unspecified atom stereocenters. The zero-order valence-corrected chi connectivity index (χ0v) is 53.7. The van der Waals surface area contributed by atoms with E-state index in [0.29, 0.717) is 102 Å². The number of nitrogens with one attached hydrogen (secondary N) is 4. The molecule has 1 aromatic heterocycles. The summed E-state index contributed by atoms with van der Waals surface area (Å²) >= 11 is 0. The van der Waals surface area contributed by atoms with Crippen LogP contribution in [0.25, 0.3) is 49.6 Å². The number of carboxylic acids is 1. The molecule has 39 heteroatoms. The average molecular weight is 1380 g/mol. The van der Waals surface area contributed by atoms with E-state index in [-0.39, 0.29) is 73.0 Å². The number of carbonyl (C=O) groups excluding carboxylic acids is 2. The van der Waals surface area contributed by atoms with E-state index in [9.17, 15) is 47.8 Å². The van der Waals surface area contributed by atoms with Crippen molar-refractivity contribution in [1.82, 2.24) is 25.5 Å². The minimum absolute atomic E-state index is 0.0142. The van der Waals surface area contributed by atoms with Crippen LogP contribution in [0.1, 0.15) is 67.2 Å². The standard InChI is InChI=1S/C53H68N11O23P3S2/c1-33(34-8-11-38(49(65)66)41(25-34)47-39-12-9-36(54)26-42(39)84-43-27-37(55)10-13-40(43)47)58-16-21-77-23-24-78-22-17-60-52(69)81-20-14-53(2,3)92-91-32-79-18-4-5-19-80-51(68)59-15-6-7-35-29-64(50(67)62-48(35)56)46-28-44(82-31-61-63-57)45(85-46)30-83-89(73,74)87-90(75,76)86-88(70,71)72/h8-13,25-27,29,44-46,54,58H,1,4-5,14-24,28,30-32,55H2,2-3H3,(H,59,68)(H,60,69)(H,65,66)(H,73,74)(H,75,76)(H2,56,62,67)(H2,70,71,72)/t44?,45-,46-/m1/s1. The van der Waals surface area contributed by atoms with Crippen molar-refractivity contribution in [3.8, 4) is 34.3 Å². The third-order valence-corrected chi connectivity index (χ3v) is 19.4. The van der Waals surface area contributed by atoms with Crippen molar-refractivity contribution in [3.63, 3.8) is 0 Å². The number of amides is 2. The summed E-state index contributed by atoms with van der Waals surface area (Å²) in [5.74, 6) is 4.71. The van der Waals surface area contributed by atoms with Crippen molar-refractivity contribution in [2.45, 2.75) is 62.7 Å². The maximum atomic E-state index is 12.9. The number of nitrogens with zero attached hydrogens (tertiary/aromatic N) is 5. The second-order valence-corrected chi connectivity index (χ2v) is 27.4. The minimum atomic E-state index is -5.83. The molecule has 0 radical (unpaired) electrons. The molecule has 34 nitrogen and oxygen atoms in total. The first-order valence-corrected chi connectivity index (χ1v) is 34.4. The topological polar surface area (TPSA) is 505 Å². The highest BCUT2D eigenvalue weighted by molar-refractivity contribution is 8.77. The number of carbonyl (C=O) groups is 3. The molecule has 2 amide bonds. The van der Waals surface area contributed by atoms with Gasteiger partial charge >= 0.3 is 47.3 Å². The molecule has 0 bridgehead atoms. The molecule has 2 aromatic carbocycles. The molecule has 500 valence electrons. The number of fused-ring (bicyclic) bond motifs is 2. The zero-order chi connectivity index (χ0) is 67.1. The third kappa shape index (κ3) is 24.4. The van der Waals surface area contributed by atoms with Crippen molar-refractivity contribution in [1.29, 1.82) is 5.41 Å². The lowest BCUT2D eigenvalue weighted by atomic mass is 9.89. The number of alkyl carbamates (subject to hydrolysis) is 2. The second kappa shape index (κ2) is 35.3. The van der Waals surface area contributed by atoms with Gasteiger partial charge in [0.05, 0.1) is 75.4 Å². The Morgan fingerprint density at radius 2 is 1.62 bits per heavy atom. The molecule has 1 saturated heterocycles. The molecule has 3 heterocycles. The fourth-order valence-corrected chi connectivity index (χ4v) is 13.7. The molecular weight excluding hydrogens is 1320 g/mol. The fraction of sp³-hybridized carbons (Fsp3) is 0.434. The highest BCUT2D eigenvalue weighted by atomic mass is 33.1. The number of unbranched alkanes of at least 4 members (excludes halogenated alkanes) is 1. The number of hydrogen-bond acceptors (Lipinski definition) is 26. The van der Waals surface area contributed by atoms with Crippen LogP contribution in [0.15, 0.2) is 81.7 Å². The Morgan fingerprint density at radius 1 is 0.902 bits per heavy atom. The van der Waals surface area contributed by atoms with Crippen molar-refractivity contribution >= 4 is 91.4 Å². The number of azide groups is 1. The summed E-state index contributed by atoms with van der Waals surface area (Å²) in [7, 11) is -14.0. The Bertz CT molecular complexity index is 3770. The largest absolute Gasteiger partial charge is 0.490 e. The number of aromatic carboxylic acids is 1. The zero-order valence-electron chi connectivity index (χ0n) is 49.4. The van der Waals surface area contributed by atoms with Gasteiger partial charge in [0.25, 0.3) is 0 Å². The van der Waals surface area contributed by atoms with E-state index in [1.165, 1.54) is 23.1 Å². The van der Waals surface area contributed by atoms with Crippen molar-refractivity contribution < 1.29 is 103 Å². The van der Waals surface area contributed by atoms with Crippen LogP contribution >= 0.6 is 45.1 Å². The third-order valence-electron chi connectivity index (χ3n) is 12.6. The molecule has 5 atom stereocenters. The van der Waals surface area contributed by atoms with Gasteiger partial charge in [-0.2, -0.15) is 13.6 Å². The number of phosphoric acid groups is 3. The second-order valence-electron chi connectivity index (χ2n) is 20.0. The van der Waals surface area contributed by atoms with Gasteiger partial charge in [-0.25, -0.2) is 32.9 Å². The number of hydrogen-bond donors (Lipinski definition) is 11. The molecule has 0 spiro atoms. The predicted molar refractivity (Wildman–Crippen MR) is 334 cm³/mol. The Balaban J connectivity index is 0.775. The highest BCUT2D eigenvalue weighted by Crippen LogP contribution is 2.66. The fourth-order valence-electron chi connectivity index (χ4n) is 8.39. The number of rotatable bonds is 37. The van der Waals surface area contributed by atoms with Gasteiger partial charge < -0.3 is 95.1 Å². The Hall–Kier alpha value is -7.06. The van der Waals surface area contributed by atoms with Gasteiger partial charge in [0.1, 0.15) is 42.2 Å². The van der Waals surface area contributed by atoms with E-state index in [1.807, 2.05) is 13.8 Å². The summed E-state index contributed by atoms with van der Waals surface area (Å²) < 4.78 is 92.5. The maximum Gasteiger partial charge on any atom is 0.490 e. The number of carboxylic acid groups (broad SMARTS) is 1. The van der Waals surface area contributed by atoms with Crippen LogP contribution in [-0.2, 0) is 60.0 Å². The predicted octanol–water partition coefficient (Wildman–Crippen LogP) is 6.79. The first-order chi connectivity index (χ1) is 43.6. The van der Waals surface area contributed by atoms with E-state index in [1.54, 1.807) is 59.3 Å². The molecule has 6 rings (SSSR count). The van der Waals surface area contributed by atoms with E-state index in [4.69, 9.17) is 69.8 Å². The van der Waals surface area contributed by atoms with Gasteiger partial charge in [-0.15, -0.1) is 0 Å². The summed E-state index contributed by atoms with van der Waals surface area (Å²) in [5.41, 5.74) is 23.6. The maximum absolute atomic E-state index is 12.9. The van der Waals surface area contributed by atoms with Crippen LogP contribution < -0.4 is 38.5 Å². The molecule has 3 aliphatic rings. The molecule has 13 N–H and O–H groups in total. The van der Waals surface area contributed by atoms with Gasteiger partial charge in [0, 0.05) is 82.0 Å². The molecule has 1 aliphatic carbocycles. The lowest BCUT2D eigenvalue weighted by Gasteiger charge is -2.22. The average Bonchev–Trinajstić information content (AvgIpc) is 1.58. The summed E-state index contributed by atoms with van der Waals surface area (Å²) in [6.07, 6.45) is -2.43. The van der Waals surface area contributed by atoms with Gasteiger partial charge in [-0.3, -0.25) is 9.09 Å². The lowest BCUT2D eigenvalue weighted by Crippen LogP contribution is -2.29. The van der Waals surface area contributed by atoms with E-state index >= 15 is 0 Å². The van der Waals surface area contributed by atoms with E-state index in [2.05, 4.69) is 62.5 Å². The molecule has 3 aromatic rings. The summed E-state index contributed by atoms with van der Waals surface area (Å²) in [6.45, 7) is 8.93. The van der Waals surface area contributed by atoms with Crippen molar-refractivity contribution in [3.05, 3.63) is 110 Å². The van der Waals surface area contributed by atoms with Gasteiger partial charge in [-0.1, -0.05) is 51.2 Å².